The molecule has 0 aromatic heterocycles. The number of hydrogen-bond donors (Lipinski definition) is 2. The zero-order valence-electron chi connectivity index (χ0n) is 12.6. The minimum Gasteiger partial charge on any atom is -0.504 e. The molecule has 0 radical (unpaired) electrons. The van der Waals surface area contributed by atoms with Gasteiger partial charge in [0.25, 0.3) is 0 Å². The van der Waals surface area contributed by atoms with Crippen molar-refractivity contribution in [1.29, 1.82) is 0 Å². The second-order valence-corrected chi connectivity index (χ2v) is 5.61. The number of methoxy groups -OCH3 is 1. The minimum absolute atomic E-state index is 0.0195. The van der Waals surface area contributed by atoms with Crippen molar-refractivity contribution in [3.8, 4) is 11.5 Å². The lowest BCUT2D eigenvalue weighted by Gasteiger charge is -2.41. The molecule has 0 amide bonds. The van der Waals surface area contributed by atoms with E-state index >= 15 is 0 Å². The third kappa shape index (κ3) is 3.39. The Labute approximate surface area is 116 Å². The number of hydrogen-bond acceptors (Lipinski definition) is 4. The maximum Gasteiger partial charge on any atom is 0.162 e. The Hall–Kier alpha value is -1.26. The molecule has 0 aliphatic carbocycles. The zero-order valence-corrected chi connectivity index (χ0v) is 12.6. The highest BCUT2D eigenvalue weighted by Crippen LogP contribution is 2.37. The number of nitrogens with zero attached hydrogens (tertiary/aromatic N) is 1. The zero-order chi connectivity index (χ0) is 14.6. The van der Waals surface area contributed by atoms with E-state index < -0.39 is 0 Å². The van der Waals surface area contributed by atoms with E-state index in [0.717, 1.165) is 12.1 Å². The summed E-state index contributed by atoms with van der Waals surface area (Å²) in [6.45, 7) is 9.86. The van der Waals surface area contributed by atoms with Gasteiger partial charge < -0.3 is 15.6 Å². The lowest BCUT2D eigenvalue weighted by Crippen LogP contribution is -2.46. The van der Waals surface area contributed by atoms with E-state index in [1.54, 1.807) is 13.2 Å². The molecule has 1 aromatic carbocycles. The molecule has 0 bridgehead atoms. The average molecular weight is 266 g/mol. The fourth-order valence-electron chi connectivity index (χ4n) is 2.56. The van der Waals surface area contributed by atoms with E-state index in [-0.39, 0.29) is 17.3 Å². The molecule has 0 saturated carbocycles. The van der Waals surface area contributed by atoms with Crippen molar-refractivity contribution in [2.45, 2.75) is 39.3 Å². The van der Waals surface area contributed by atoms with Crippen LogP contribution in [0.5, 0.6) is 11.5 Å². The first kappa shape index (κ1) is 15.8. The van der Waals surface area contributed by atoms with E-state index in [2.05, 4.69) is 32.6 Å². The average Bonchev–Trinajstić information content (AvgIpc) is 2.35. The summed E-state index contributed by atoms with van der Waals surface area (Å²) in [4.78, 5) is 2.28. The van der Waals surface area contributed by atoms with Crippen molar-refractivity contribution in [3.05, 3.63) is 23.8 Å². The van der Waals surface area contributed by atoms with Crippen LogP contribution in [0.15, 0.2) is 18.2 Å². The minimum atomic E-state index is -0.0277. The molecular formula is C15H26N2O2. The van der Waals surface area contributed by atoms with Crippen LogP contribution < -0.4 is 10.5 Å². The van der Waals surface area contributed by atoms with Crippen molar-refractivity contribution >= 4 is 0 Å². The molecular weight excluding hydrogens is 240 g/mol. The van der Waals surface area contributed by atoms with Gasteiger partial charge in [-0.15, -0.1) is 0 Å². The highest BCUT2D eigenvalue weighted by molar-refractivity contribution is 5.47. The largest absolute Gasteiger partial charge is 0.504 e. The number of phenolic OH excluding ortho intramolecular Hbond substituents is 1. The van der Waals surface area contributed by atoms with Crippen molar-refractivity contribution in [1.82, 2.24) is 4.90 Å². The number of benzene rings is 1. The summed E-state index contributed by atoms with van der Waals surface area (Å²) >= 11 is 0. The molecule has 4 nitrogen and oxygen atoms in total. The van der Waals surface area contributed by atoms with Gasteiger partial charge in [0.15, 0.2) is 11.5 Å². The molecule has 3 N–H and O–H groups in total. The summed E-state index contributed by atoms with van der Waals surface area (Å²) in [6, 6.07) is 5.51. The summed E-state index contributed by atoms with van der Waals surface area (Å²) in [5.74, 6) is 0.670. The Morgan fingerprint density at radius 2 is 2.00 bits per heavy atom. The summed E-state index contributed by atoms with van der Waals surface area (Å²) in [7, 11) is 1.55. The van der Waals surface area contributed by atoms with Gasteiger partial charge in [0.1, 0.15) is 0 Å². The van der Waals surface area contributed by atoms with Crippen molar-refractivity contribution in [2.24, 2.45) is 5.73 Å². The third-order valence-corrected chi connectivity index (χ3v) is 3.41. The molecule has 0 aliphatic rings. The SMILES string of the molecule is CCN(C(CN)c1cccc(OC)c1O)C(C)(C)C. The highest BCUT2D eigenvalue weighted by atomic mass is 16.5. The molecule has 1 rings (SSSR count). The second kappa shape index (κ2) is 6.26. The lowest BCUT2D eigenvalue weighted by atomic mass is 9.97. The Balaban J connectivity index is 3.23. The summed E-state index contributed by atoms with van der Waals surface area (Å²) in [6.07, 6.45) is 0. The van der Waals surface area contributed by atoms with Crippen LogP contribution in [0.3, 0.4) is 0 Å². The number of ether oxygens (including phenoxy) is 1. The van der Waals surface area contributed by atoms with E-state index in [1.807, 2.05) is 12.1 Å². The fourth-order valence-corrected chi connectivity index (χ4v) is 2.56. The van der Waals surface area contributed by atoms with Crippen LogP contribution in [-0.4, -0.2) is 35.7 Å². The van der Waals surface area contributed by atoms with Gasteiger partial charge >= 0.3 is 0 Å². The fraction of sp³-hybridized carbons (Fsp3) is 0.600. The molecule has 1 unspecified atom stereocenters. The standard InChI is InChI=1S/C15H26N2O2/c1-6-17(15(2,3)4)12(10-16)11-8-7-9-13(19-5)14(11)18/h7-9,12,18H,6,10,16H2,1-5H3. The summed E-state index contributed by atoms with van der Waals surface area (Å²) < 4.78 is 5.17. The van der Waals surface area contributed by atoms with Crippen LogP contribution in [0.25, 0.3) is 0 Å². The summed E-state index contributed by atoms with van der Waals surface area (Å²) in [5.41, 5.74) is 6.74. The second-order valence-electron chi connectivity index (χ2n) is 5.61. The maximum absolute atomic E-state index is 10.3. The summed E-state index contributed by atoms with van der Waals surface area (Å²) in [5, 5.41) is 10.3. The van der Waals surface area contributed by atoms with Gasteiger partial charge in [0.05, 0.1) is 13.2 Å². The van der Waals surface area contributed by atoms with Crippen LogP contribution in [0.1, 0.15) is 39.3 Å². The number of likely N-dealkylation sites (N-methyl/N-ethyl adjacent to an activating group) is 1. The molecule has 108 valence electrons. The molecule has 4 heteroatoms. The number of phenols is 1. The molecule has 0 saturated heterocycles. The molecule has 1 aromatic rings. The van der Waals surface area contributed by atoms with E-state index in [9.17, 15) is 5.11 Å². The molecule has 19 heavy (non-hydrogen) atoms. The van der Waals surface area contributed by atoms with Crippen molar-refractivity contribution in [3.63, 3.8) is 0 Å². The Morgan fingerprint density at radius 1 is 1.37 bits per heavy atom. The van der Waals surface area contributed by atoms with Gasteiger partial charge in [0.2, 0.25) is 0 Å². The first-order valence-corrected chi connectivity index (χ1v) is 6.69. The maximum atomic E-state index is 10.3. The first-order valence-electron chi connectivity index (χ1n) is 6.69. The van der Waals surface area contributed by atoms with E-state index in [4.69, 9.17) is 10.5 Å². The molecule has 0 aliphatic heterocycles. The van der Waals surface area contributed by atoms with Gasteiger partial charge in [0, 0.05) is 17.6 Å². The van der Waals surface area contributed by atoms with E-state index in [0.29, 0.717) is 12.3 Å². The van der Waals surface area contributed by atoms with Crippen LogP contribution >= 0.6 is 0 Å². The molecule has 0 fully saturated rings. The van der Waals surface area contributed by atoms with Gasteiger partial charge in [-0.1, -0.05) is 19.1 Å². The molecule has 0 spiro atoms. The molecule has 1 atom stereocenters. The normalized spacial score (nSPS) is 13.6. The number of nitrogens with two attached hydrogens (primary N) is 1. The van der Waals surface area contributed by atoms with Crippen LogP contribution in [0.4, 0.5) is 0 Å². The molecule has 0 heterocycles. The Morgan fingerprint density at radius 3 is 2.42 bits per heavy atom. The number of aromatic hydroxyl groups is 1. The van der Waals surface area contributed by atoms with Crippen LogP contribution in [0, 0.1) is 0 Å². The predicted octanol–water partition coefficient (Wildman–Crippen LogP) is 2.52. The highest BCUT2D eigenvalue weighted by Gasteiger charge is 2.29. The third-order valence-electron chi connectivity index (χ3n) is 3.41. The monoisotopic (exact) mass is 266 g/mol. The predicted molar refractivity (Wildman–Crippen MR) is 78.6 cm³/mol. The van der Waals surface area contributed by atoms with Gasteiger partial charge in [-0.2, -0.15) is 0 Å². The number of para-hydroxylation sites is 1. The van der Waals surface area contributed by atoms with Gasteiger partial charge in [-0.3, -0.25) is 4.90 Å². The van der Waals surface area contributed by atoms with Crippen molar-refractivity contribution in [2.75, 3.05) is 20.2 Å². The number of rotatable bonds is 5. The van der Waals surface area contributed by atoms with Gasteiger partial charge in [-0.25, -0.2) is 0 Å². The smallest absolute Gasteiger partial charge is 0.162 e. The first-order chi connectivity index (χ1) is 8.86. The van der Waals surface area contributed by atoms with Gasteiger partial charge in [-0.05, 0) is 33.4 Å². The lowest BCUT2D eigenvalue weighted by molar-refractivity contribution is 0.0903. The topological polar surface area (TPSA) is 58.7 Å². The van der Waals surface area contributed by atoms with Crippen LogP contribution in [0.2, 0.25) is 0 Å². The van der Waals surface area contributed by atoms with E-state index in [1.165, 1.54) is 0 Å². The quantitative estimate of drug-likeness (QED) is 0.860. The Kier molecular flexibility index (Phi) is 5.20. The van der Waals surface area contributed by atoms with Crippen LogP contribution in [-0.2, 0) is 0 Å². The Bertz CT molecular complexity index is 413. The van der Waals surface area contributed by atoms with Crippen molar-refractivity contribution < 1.29 is 9.84 Å².